The summed E-state index contributed by atoms with van der Waals surface area (Å²) in [6.07, 6.45) is 1.83. The second-order valence-corrected chi connectivity index (χ2v) is 8.16. The second-order valence-electron chi connectivity index (χ2n) is 7.72. The van der Waals surface area contributed by atoms with E-state index in [9.17, 15) is 13.6 Å². The van der Waals surface area contributed by atoms with Gasteiger partial charge in [0.1, 0.15) is 28.7 Å². The molecule has 2 heterocycles. The van der Waals surface area contributed by atoms with Gasteiger partial charge in [-0.1, -0.05) is 30.7 Å². The molecule has 0 saturated carbocycles. The van der Waals surface area contributed by atoms with Crippen molar-refractivity contribution in [3.63, 3.8) is 0 Å². The van der Waals surface area contributed by atoms with Gasteiger partial charge < -0.3 is 16.0 Å². The van der Waals surface area contributed by atoms with Crippen LogP contribution in [0.25, 0.3) is 16.9 Å². The average Bonchev–Trinajstić information content (AvgIpc) is 3.07. The van der Waals surface area contributed by atoms with Gasteiger partial charge in [0.15, 0.2) is 5.82 Å². The van der Waals surface area contributed by atoms with E-state index in [0.717, 1.165) is 35.7 Å². The van der Waals surface area contributed by atoms with Gasteiger partial charge in [0.25, 0.3) is 0 Å². The molecule has 0 bridgehead atoms. The van der Waals surface area contributed by atoms with Gasteiger partial charge in [-0.3, -0.25) is 0 Å². The molecule has 1 saturated heterocycles. The third-order valence-electron chi connectivity index (χ3n) is 5.48. The number of nitrogens with zero attached hydrogens (tertiary/aromatic N) is 3. The number of halogens is 3. The van der Waals surface area contributed by atoms with Crippen LogP contribution in [0.5, 0.6) is 0 Å². The summed E-state index contributed by atoms with van der Waals surface area (Å²) in [6.45, 7) is 3.43. The Balaban J connectivity index is 1.76. The fourth-order valence-corrected chi connectivity index (χ4v) is 3.72. The van der Waals surface area contributed by atoms with Gasteiger partial charge in [0.2, 0.25) is 0 Å². The van der Waals surface area contributed by atoms with Gasteiger partial charge in [-0.15, -0.1) is 0 Å². The number of amides is 2. The number of hydrogen-bond donors (Lipinski definition) is 2. The van der Waals surface area contributed by atoms with Crippen LogP contribution in [-0.4, -0.2) is 33.8 Å². The zero-order chi connectivity index (χ0) is 22.1. The maximum Gasteiger partial charge on any atom is 0.322 e. The topological polar surface area (TPSA) is 76.2 Å². The lowest BCUT2D eigenvalue weighted by Gasteiger charge is -2.30. The fraction of sp³-hybridized carbons (Fsp3) is 0.273. The van der Waals surface area contributed by atoms with E-state index in [4.69, 9.17) is 17.3 Å². The van der Waals surface area contributed by atoms with Crippen molar-refractivity contribution in [1.82, 2.24) is 14.7 Å². The summed E-state index contributed by atoms with van der Waals surface area (Å²) < 4.78 is 29.3. The van der Waals surface area contributed by atoms with Crippen LogP contribution in [-0.2, 0) is 0 Å². The van der Waals surface area contributed by atoms with Gasteiger partial charge >= 0.3 is 6.03 Å². The number of benzene rings is 2. The highest BCUT2D eigenvalue weighted by Gasteiger charge is 2.25. The number of rotatable bonds is 3. The molecule has 1 fully saturated rings. The van der Waals surface area contributed by atoms with Crippen molar-refractivity contribution in [1.29, 1.82) is 0 Å². The highest BCUT2D eigenvalue weighted by atomic mass is 35.5. The summed E-state index contributed by atoms with van der Waals surface area (Å²) in [5, 5.41) is 7.76. The van der Waals surface area contributed by atoms with Crippen molar-refractivity contribution in [2.75, 3.05) is 24.1 Å². The SMILES string of the molecule is CC1CCN(C(=O)Nc2c(-c3ccc(Cl)cc3)nn(-c3cc(F)ccc3F)c2N)CC1. The molecule has 9 heteroatoms. The molecule has 4 rings (SSSR count). The van der Waals surface area contributed by atoms with Crippen LogP contribution in [0.3, 0.4) is 0 Å². The highest BCUT2D eigenvalue weighted by molar-refractivity contribution is 6.30. The van der Waals surface area contributed by atoms with E-state index < -0.39 is 11.6 Å². The van der Waals surface area contributed by atoms with Crippen LogP contribution >= 0.6 is 11.6 Å². The number of anilines is 2. The minimum Gasteiger partial charge on any atom is -0.382 e. The molecule has 3 N–H and O–H groups in total. The summed E-state index contributed by atoms with van der Waals surface area (Å²) in [6, 6.07) is 9.48. The van der Waals surface area contributed by atoms with E-state index in [-0.39, 0.29) is 23.2 Å². The van der Waals surface area contributed by atoms with Crippen LogP contribution in [0.2, 0.25) is 5.02 Å². The molecule has 1 aliphatic heterocycles. The highest BCUT2D eigenvalue weighted by Crippen LogP contribution is 2.35. The van der Waals surface area contributed by atoms with Gasteiger partial charge in [-0.05, 0) is 43.0 Å². The Bertz CT molecular complexity index is 1110. The minimum atomic E-state index is -0.693. The first-order valence-electron chi connectivity index (χ1n) is 9.99. The van der Waals surface area contributed by atoms with E-state index in [1.165, 1.54) is 0 Å². The Kier molecular flexibility index (Phi) is 5.82. The first kappa shape index (κ1) is 21.1. The Labute approximate surface area is 183 Å². The molecule has 0 radical (unpaired) electrons. The Hall–Kier alpha value is -3.13. The molecule has 31 heavy (non-hydrogen) atoms. The number of nitrogen functional groups attached to an aromatic ring is 1. The number of piperidine rings is 1. The monoisotopic (exact) mass is 445 g/mol. The largest absolute Gasteiger partial charge is 0.382 e. The van der Waals surface area contributed by atoms with E-state index in [0.29, 0.717) is 35.3 Å². The average molecular weight is 446 g/mol. The van der Waals surface area contributed by atoms with E-state index in [2.05, 4.69) is 17.3 Å². The smallest absolute Gasteiger partial charge is 0.322 e. The molecular weight excluding hydrogens is 424 g/mol. The lowest BCUT2D eigenvalue weighted by atomic mass is 10.00. The van der Waals surface area contributed by atoms with E-state index in [1.807, 2.05) is 0 Å². The summed E-state index contributed by atoms with van der Waals surface area (Å²) in [4.78, 5) is 14.6. The first-order valence-corrected chi connectivity index (χ1v) is 10.4. The van der Waals surface area contributed by atoms with Crippen LogP contribution < -0.4 is 11.1 Å². The number of hydrogen-bond acceptors (Lipinski definition) is 3. The van der Waals surface area contributed by atoms with Gasteiger partial charge in [-0.25, -0.2) is 18.3 Å². The van der Waals surface area contributed by atoms with Gasteiger partial charge in [0, 0.05) is 29.7 Å². The first-order chi connectivity index (χ1) is 14.8. The molecule has 162 valence electrons. The minimum absolute atomic E-state index is 0.00632. The number of urea groups is 1. The van der Waals surface area contributed by atoms with Crippen molar-refractivity contribution in [3.8, 4) is 16.9 Å². The summed E-state index contributed by atoms with van der Waals surface area (Å²) in [5.74, 6) is -0.765. The van der Waals surface area contributed by atoms with Crippen LogP contribution in [0.15, 0.2) is 42.5 Å². The summed E-state index contributed by atoms with van der Waals surface area (Å²) >= 11 is 5.99. The zero-order valence-electron chi connectivity index (χ0n) is 16.9. The molecule has 2 amide bonds. The van der Waals surface area contributed by atoms with E-state index >= 15 is 0 Å². The van der Waals surface area contributed by atoms with Gasteiger partial charge in [0.05, 0.1) is 0 Å². The lowest BCUT2D eigenvalue weighted by Crippen LogP contribution is -2.40. The zero-order valence-corrected chi connectivity index (χ0v) is 17.7. The van der Waals surface area contributed by atoms with Crippen LogP contribution in [0.4, 0.5) is 25.1 Å². The van der Waals surface area contributed by atoms with Crippen molar-refractivity contribution >= 4 is 29.1 Å². The molecule has 6 nitrogen and oxygen atoms in total. The summed E-state index contributed by atoms with van der Waals surface area (Å²) in [5.41, 5.74) is 7.30. The van der Waals surface area contributed by atoms with Crippen molar-refractivity contribution < 1.29 is 13.6 Å². The number of likely N-dealkylation sites (tertiary alicyclic amines) is 1. The molecule has 0 spiro atoms. The standard InChI is InChI=1S/C22H22ClF2N5O/c1-13-8-10-29(11-9-13)22(31)27-20-19(14-2-4-15(23)5-3-14)28-30(21(20)26)18-12-16(24)6-7-17(18)25/h2-7,12-13H,8-11,26H2,1H3,(H,27,31). The van der Waals surface area contributed by atoms with Crippen LogP contribution in [0, 0.1) is 17.6 Å². The molecule has 1 aliphatic rings. The summed E-state index contributed by atoms with van der Waals surface area (Å²) in [7, 11) is 0. The molecule has 3 aromatic rings. The quantitative estimate of drug-likeness (QED) is 0.573. The van der Waals surface area contributed by atoms with Crippen LogP contribution in [0.1, 0.15) is 19.8 Å². The van der Waals surface area contributed by atoms with E-state index in [1.54, 1.807) is 29.2 Å². The predicted octanol–water partition coefficient (Wildman–Crippen LogP) is 5.32. The molecule has 2 aromatic carbocycles. The van der Waals surface area contributed by atoms with Crippen molar-refractivity contribution in [2.24, 2.45) is 5.92 Å². The van der Waals surface area contributed by atoms with Gasteiger partial charge in [-0.2, -0.15) is 5.10 Å². The number of carbonyl (C=O) groups excluding carboxylic acids is 1. The normalized spacial score (nSPS) is 14.6. The molecule has 0 aliphatic carbocycles. The number of carbonyl (C=O) groups is 1. The fourth-order valence-electron chi connectivity index (χ4n) is 3.59. The maximum absolute atomic E-state index is 14.4. The third kappa shape index (κ3) is 4.34. The molecule has 1 aromatic heterocycles. The predicted molar refractivity (Wildman–Crippen MR) is 117 cm³/mol. The maximum atomic E-state index is 14.4. The lowest BCUT2D eigenvalue weighted by molar-refractivity contribution is 0.186. The Morgan fingerprint density at radius 3 is 2.52 bits per heavy atom. The molecule has 0 unspecified atom stereocenters. The van der Waals surface area contributed by atoms with Crippen molar-refractivity contribution in [3.05, 3.63) is 59.1 Å². The Morgan fingerprint density at radius 2 is 1.84 bits per heavy atom. The second kappa shape index (κ2) is 8.55. The number of nitrogens with two attached hydrogens (primary N) is 1. The third-order valence-corrected chi connectivity index (χ3v) is 5.73. The molecule has 0 atom stereocenters. The van der Waals surface area contributed by atoms with Crippen molar-refractivity contribution in [2.45, 2.75) is 19.8 Å². The number of nitrogens with one attached hydrogen (secondary N) is 1. The number of aromatic nitrogens is 2. The molecular formula is C22H22ClF2N5O. The Morgan fingerprint density at radius 1 is 1.16 bits per heavy atom.